The highest BCUT2D eigenvalue weighted by Gasteiger charge is 2.07. The number of pyridine rings is 1. The van der Waals surface area contributed by atoms with Gasteiger partial charge in [0.1, 0.15) is 6.10 Å². The molecule has 0 unspecified atom stereocenters. The molecule has 0 aliphatic carbocycles. The van der Waals surface area contributed by atoms with Gasteiger partial charge in [-0.2, -0.15) is 0 Å². The van der Waals surface area contributed by atoms with Crippen molar-refractivity contribution in [1.82, 2.24) is 4.98 Å². The van der Waals surface area contributed by atoms with E-state index in [-0.39, 0.29) is 12.1 Å². The fourth-order valence-electron chi connectivity index (χ4n) is 0.926. The zero-order valence-corrected chi connectivity index (χ0v) is 7.15. The maximum absolute atomic E-state index is 10.6. The van der Waals surface area contributed by atoms with Crippen molar-refractivity contribution in [2.24, 2.45) is 0 Å². The average Bonchev–Trinajstić information content (AvgIpc) is 2.05. The summed E-state index contributed by atoms with van der Waals surface area (Å²) in [4.78, 5) is 14.6. The smallest absolute Gasteiger partial charge is 0.303 e. The van der Waals surface area contributed by atoms with Crippen molar-refractivity contribution in [2.75, 3.05) is 0 Å². The molecule has 64 valence electrons. The summed E-state index contributed by atoms with van der Waals surface area (Å²) in [7, 11) is 0. The van der Waals surface area contributed by atoms with Gasteiger partial charge in [0.05, 0.1) is 5.69 Å². The first-order chi connectivity index (χ1) is 5.70. The molecule has 0 amide bonds. The lowest BCUT2D eigenvalue weighted by molar-refractivity contribution is -0.145. The molecule has 12 heavy (non-hydrogen) atoms. The van der Waals surface area contributed by atoms with Crippen molar-refractivity contribution in [3.63, 3.8) is 0 Å². The van der Waals surface area contributed by atoms with E-state index in [1.165, 1.54) is 6.92 Å². The number of ether oxygens (including phenoxy) is 1. The number of hydrogen-bond donors (Lipinski definition) is 0. The van der Waals surface area contributed by atoms with Gasteiger partial charge in [0, 0.05) is 13.1 Å². The highest BCUT2D eigenvalue weighted by molar-refractivity contribution is 5.66. The van der Waals surface area contributed by atoms with Gasteiger partial charge in [0.2, 0.25) is 0 Å². The molecule has 3 heteroatoms. The first-order valence-electron chi connectivity index (χ1n) is 3.78. The molecule has 0 radical (unpaired) electrons. The predicted molar refractivity (Wildman–Crippen MR) is 44.4 cm³/mol. The molecule has 1 heterocycles. The van der Waals surface area contributed by atoms with Crippen LogP contribution in [0.4, 0.5) is 0 Å². The summed E-state index contributed by atoms with van der Waals surface area (Å²) in [6.07, 6.45) is 1.42. The highest BCUT2D eigenvalue weighted by atomic mass is 16.5. The van der Waals surface area contributed by atoms with E-state index < -0.39 is 0 Å². The van der Waals surface area contributed by atoms with E-state index >= 15 is 0 Å². The Hall–Kier alpha value is -1.38. The van der Waals surface area contributed by atoms with Crippen molar-refractivity contribution < 1.29 is 9.53 Å². The van der Waals surface area contributed by atoms with Crippen LogP contribution in [0, 0.1) is 0 Å². The molecule has 1 aromatic heterocycles. The minimum absolute atomic E-state index is 0.260. The first-order valence-corrected chi connectivity index (χ1v) is 3.78. The Bertz CT molecular complexity index is 258. The summed E-state index contributed by atoms with van der Waals surface area (Å²) >= 11 is 0. The number of hydrogen-bond acceptors (Lipinski definition) is 3. The Morgan fingerprint density at radius 1 is 1.58 bits per heavy atom. The van der Waals surface area contributed by atoms with E-state index in [2.05, 4.69) is 4.98 Å². The van der Waals surface area contributed by atoms with Crippen LogP contribution in [-0.4, -0.2) is 11.0 Å². The van der Waals surface area contributed by atoms with E-state index in [1.54, 1.807) is 13.1 Å². The molecule has 0 aromatic carbocycles. The Labute approximate surface area is 71.4 Å². The zero-order chi connectivity index (χ0) is 8.97. The zero-order valence-electron chi connectivity index (χ0n) is 7.15. The van der Waals surface area contributed by atoms with E-state index in [4.69, 9.17) is 4.74 Å². The average molecular weight is 165 g/mol. The Morgan fingerprint density at radius 3 is 2.83 bits per heavy atom. The Balaban J connectivity index is 2.65. The third-order valence-corrected chi connectivity index (χ3v) is 1.45. The first kappa shape index (κ1) is 8.71. The summed E-state index contributed by atoms with van der Waals surface area (Å²) in [5.41, 5.74) is 0.771. The number of carbonyl (C=O) groups excluding carboxylic acids is 1. The van der Waals surface area contributed by atoms with Crippen LogP contribution in [-0.2, 0) is 9.53 Å². The molecule has 0 aliphatic heterocycles. The van der Waals surface area contributed by atoms with Gasteiger partial charge >= 0.3 is 5.97 Å². The third-order valence-electron chi connectivity index (χ3n) is 1.45. The summed E-state index contributed by atoms with van der Waals surface area (Å²) in [6, 6.07) is 5.51. The molecule has 0 fully saturated rings. The molecule has 0 aliphatic rings. The quantitative estimate of drug-likeness (QED) is 0.626. The molecule has 1 atom stereocenters. The topological polar surface area (TPSA) is 39.2 Å². The van der Waals surface area contributed by atoms with Gasteiger partial charge in [0.25, 0.3) is 0 Å². The molecular weight excluding hydrogens is 154 g/mol. The lowest BCUT2D eigenvalue weighted by atomic mass is 10.2. The summed E-state index contributed by atoms with van der Waals surface area (Å²) in [5, 5.41) is 0. The molecule has 0 spiro atoms. The second-order valence-corrected chi connectivity index (χ2v) is 2.51. The molecule has 0 saturated carbocycles. The van der Waals surface area contributed by atoms with Gasteiger partial charge in [-0.1, -0.05) is 6.07 Å². The molecule has 3 nitrogen and oxygen atoms in total. The van der Waals surface area contributed by atoms with Gasteiger partial charge in [0.15, 0.2) is 0 Å². The van der Waals surface area contributed by atoms with Crippen LogP contribution in [0.3, 0.4) is 0 Å². The molecule has 0 N–H and O–H groups in total. The number of esters is 1. The van der Waals surface area contributed by atoms with Crippen LogP contribution in [0.5, 0.6) is 0 Å². The van der Waals surface area contributed by atoms with E-state index in [1.807, 2.05) is 18.2 Å². The van der Waals surface area contributed by atoms with Crippen LogP contribution < -0.4 is 0 Å². The third kappa shape index (κ3) is 2.34. The second kappa shape index (κ2) is 3.85. The van der Waals surface area contributed by atoms with Gasteiger partial charge < -0.3 is 4.74 Å². The fourth-order valence-corrected chi connectivity index (χ4v) is 0.926. The van der Waals surface area contributed by atoms with E-state index in [9.17, 15) is 4.79 Å². The van der Waals surface area contributed by atoms with Crippen molar-refractivity contribution in [2.45, 2.75) is 20.0 Å². The van der Waals surface area contributed by atoms with Crippen LogP contribution in [0.2, 0.25) is 0 Å². The normalized spacial score (nSPS) is 12.2. The van der Waals surface area contributed by atoms with Gasteiger partial charge in [-0.3, -0.25) is 9.78 Å². The van der Waals surface area contributed by atoms with E-state index in [0.29, 0.717) is 0 Å². The van der Waals surface area contributed by atoms with E-state index in [0.717, 1.165) is 5.69 Å². The van der Waals surface area contributed by atoms with Crippen LogP contribution in [0.15, 0.2) is 24.4 Å². The Morgan fingerprint density at radius 2 is 2.33 bits per heavy atom. The number of aromatic nitrogens is 1. The van der Waals surface area contributed by atoms with Crippen molar-refractivity contribution in [1.29, 1.82) is 0 Å². The van der Waals surface area contributed by atoms with Gasteiger partial charge in [-0.05, 0) is 19.1 Å². The standard InChI is InChI=1S/C9H11NO2/c1-7(12-8(2)11)9-5-3-4-6-10-9/h3-7H,1-2H3/t7-/m1/s1. The minimum atomic E-state index is -0.284. The van der Waals surface area contributed by atoms with Gasteiger partial charge in [-0.25, -0.2) is 0 Å². The summed E-state index contributed by atoms with van der Waals surface area (Å²) in [6.45, 7) is 3.18. The lowest BCUT2D eigenvalue weighted by Crippen LogP contribution is -2.05. The number of nitrogens with zero attached hydrogens (tertiary/aromatic N) is 1. The number of carbonyl (C=O) groups is 1. The maximum atomic E-state index is 10.6. The van der Waals surface area contributed by atoms with Crippen LogP contribution >= 0.6 is 0 Å². The van der Waals surface area contributed by atoms with Crippen LogP contribution in [0.25, 0.3) is 0 Å². The van der Waals surface area contributed by atoms with Crippen molar-refractivity contribution in [3.05, 3.63) is 30.1 Å². The molecule has 0 bridgehead atoms. The lowest BCUT2D eigenvalue weighted by Gasteiger charge is -2.09. The van der Waals surface area contributed by atoms with Crippen molar-refractivity contribution in [3.8, 4) is 0 Å². The fraction of sp³-hybridized carbons (Fsp3) is 0.333. The largest absolute Gasteiger partial charge is 0.456 e. The molecule has 1 aromatic rings. The highest BCUT2D eigenvalue weighted by Crippen LogP contribution is 2.12. The molecule has 1 rings (SSSR count). The molecule has 0 saturated heterocycles. The summed E-state index contributed by atoms with van der Waals surface area (Å²) < 4.78 is 4.93. The minimum Gasteiger partial charge on any atom is -0.456 e. The SMILES string of the molecule is CC(=O)O[C@H](C)c1ccccn1. The monoisotopic (exact) mass is 165 g/mol. The molecular formula is C9H11NO2. The second-order valence-electron chi connectivity index (χ2n) is 2.51. The van der Waals surface area contributed by atoms with Crippen molar-refractivity contribution >= 4 is 5.97 Å². The summed E-state index contributed by atoms with van der Waals surface area (Å²) in [5.74, 6) is -0.284. The number of rotatable bonds is 2. The van der Waals surface area contributed by atoms with Gasteiger partial charge in [-0.15, -0.1) is 0 Å². The predicted octanol–water partition coefficient (Wildman–Crippen LogP) is 1.71. The van der Waals surface area contributed by atoms with Crippen LogP contribution in [0.1, 0.15) is 25.6 Å². The maximum Gasteiger partial charge on any atom is 0.303 e. The Kier molecular flexibility index (Phi) is 2.80.